The van der Waals surface area contributed by atoms with Gasteiger partial charge in [-0.25, -0.2) is 9.38 Å². The molecule has 26 heavy (non-hydrogen) atoms. The van der Waals surface area contributed by atoms with Gasteiger partial charge in [-0.1, -0.05) is 39.4 Å². The van der Waals surface area contributed by atoms with Crippen LogP contribution >= 0.6 is 27.3 Å². The number of hydrogen-bond donors (Lipinski definition) is 0. The molecule has 0 spiro atoms. The molecule has 7 heteroatoms. The molecule has 132 valence electrons. The lowest BCUT2D eigenvalue weighted by Gasteiger charge is -2.11. The van der Waals surface area contributed by atoms with Crippen LogP contribution in [0.5, 0.6) is 11.5 Å². The van der Waals surface area contributed by atoms with Gasteiger partial charge in [0.05, 0.1) is 29.3 Å². The summed E-state index contributed by atoms with van der Waals surface area (Å²) in [5.74, 6) is 1.29. The highest BCUT2D eigenvalue weighted by molar-refractivity contribution is 9.10. The summed E-state index contributed by atoms with van der Waals surface area (Å²) in [5, 5.41) is 0. The van der Waals surface area contributed by atoms with Crippen LogP contribution in [0, 0.1) is 0 Å². The highest BCUT2D eigenvalue weighted by Gasteiger charge is 2.12. The maximum atomic E-state index is 12.9. The lowest BCUT2D eigenvalue weighted by Crippen LogP contribution is -2.22. The number of hydrogen-bond acceptors (Lipinski definition) is 5. The summed E-state index contributed by atoms with van der Waals surface area (Å²) in [4.78, 5) is 18.1. The van der Waals surface area contributed by atoms with Crippen molar-refractivity contribution < 1.29 is 9.47 Å². The van der Waals surface area contributed by atoms with Gasteiger partial charge in [0.1, 0.15) is 0 Å². The fraction of sp³-hybridized carbons (Fsp3) is 0.158. The van der Waals surface area contributed by atoms with Crippen molar-refractivity contribution in [3.05, 3.63) is 61.3 Å². The van der Waals surface area contributed by atoms with Gasteiger partial charge < -0.3 is 9.47 Å². The van der Waals surface area contributed by atoms with Crippen LogP contribution in [0.1, 0.15) is 12.5 Å². The first kappa shape index (κ1) is 17.1. The largest absolute Gasteiger partial charge is 0.493 e. The quantitative estimate of drug-likeness (QED) is 0.495. The zero-order valence-electron chi connectivity index (χ0n) is 14.2. The number of benzene rings is 2. The van der Waals surface area contributed by atoms with Crippen LogP contribution in [0.15, 0.2) is 45.7 Å². The topological polar surface area (TPSA) is 52.8 Å². The first-order valence-electron chi connectivity index (χ1n) is 8.04. The van der Waals surface area contributed by atoms with E-state index in [4.69, 9.17) is 9.47 Å². The molecule has 0 N–H and O–H groups in total. The minimum atomic E-state index is -0.0709. The summed E-state index contributed by atoms with van der Waals surface area (Å²) >= 11 is 4.92. The van der Waals surface area contributed by atoms with Gasteiger partial charge in [-0.15, -0.1) is 0 Å². The van der Waals surface area contributed by atoms with Crippen molar-refractivity contribution in [1.29, 1.82) is 0 Å². The predicted octanol–water partition coefficient (Wildman–Crippen LogP) is 3.63. The summed E-state index contributed by atoms with van der Waals surface area (Å²) in [6.45, 7) is 2.47. The zero-order valence-corrected chi connectivity index (χ0v) is 16.6. The van der Waals surface area contributed by atoms with Crippen LogP contribution in [0.4, 0.5) is 0 Å². The molecule has 0 unspecified atom stereocenters. The first-order chi connectivity index (χ1) is 12.6. The third-order valence-electron chi connectivity index (χ3n) is 4.01. The average molecular weight is 431 g/mol. The van der Waals surface area contributed by atoms with Crippen LogP contribution < -0.4 is 19.6 Å². The molecule has 2 aromatic carbocycles. The number of fused-ring (bicyclic) bond motifs is 3. The van der Waals surface area contributed by atoms with E-state index in [9.17, 15) is 4.79 Å². The Kier molecular flexibility index (Phi) is 4.42. The van der Waals surface area contributed by atoms with E-state index >= 15 is 0 Å². The number of methoxy groups -OCH3 is 1. The number of imidazole rings is 1. The Morgan fingerprint density at radius 2 is 2.08 bits per heavy atom. The number of aromatic nitrogens is 2. The Balaban J connectivity index is 1.91. The van der Waals surface area contributed by atoms with Crippen molar-refractivity contribution in [3.63, 3.8) is 0 Å². The van der Waals surface area contributed by atoms with E-state index in [1.54, 1.807) is 11.5 Å². The van der Waals surface area contributed by atoms with Crippen LogP contribution in [-0.4, -0.2) is 23.1 Å². The molecule has 0 bridgehead atoms. The Hall–Kier alpha value is -2.38. The third-order valence-corrected chi connectivity index (χ3v) is 5.67. The second kappa shape index (κ2) is 6.74. The van der Waals surface area contributed by atoms with Crippen LogP contribution in [0.25, 0.3) is 22.1 Å². The average Bonchev–Trinajstić information content (AvgIpc) is 3.14. The second-order valence-electron chi connectivity index (χ2n) is 5.59. The fourth-order valence-corrected chi connectivity index (χ4v) is 4.26. The molecule has 0 aliphatic rings. The molecule has 0 aliphatic carbocycles. The maximum absolute atomic E-state index is 12.9. The lowest BCUT2D eigenvalue weighted by atomic mass is 10.2. The molecule has 0 radical (unpaired) electrons. The highest BCUT2D eigenvalue weighted by Crippen LogP contribution is 2.34. The first-order valence-corrected chi connectivity index (χ1v) is 9.65. The standard InChI is InChI=1S/C19H15BrN2O3S/c1-3-25-16-10-12(20)11(8-15(16)24-2)9-17-18(23)22-14-7-5-4-6-13(14)21-19(22)26-17/h4-10H,3H2,1-2H3/b17-9-. The van der Waals surface area contributed by atoms with E-state index in [0.717, 1.165) is 21.1 Å². The van der Waals surface area contributed by atoms with Crippen molar-refractivity contribution in [2.24, 2.45) is 0 Å². The molecular weight excluding hydrogens is 416 g/mol. The van der Waals surface area contributed by atoms with Gasteiger partial charge >= 0.3 is 0 Å². The Bertz CT molecular complexity index is 1230. The van der Waals surface area contributed by atoms with Crippen molar-refractivity contribution >= 4 is 49.3 Å². The molecule has 2 aromatic heterocycles. The smallest absolute Gasteiger partial charge is 0.274 e. The monoisotopic (exact) mass is 430 g/mol. The molecule has 0 fully saturated rings. The van der Waals surface area contributed by atoms with E-state index in [-0.39, 0.29) is 5.56 Å². The minimum absolute atomic E-state index is 0.0709. The van der Waals surface area contributed by atoms with Gasteiger partial charge in [-0.2, -0.15) is 0 Å². The SMILES string of the molecule is CCOc1cc(Br)c(/C=c2\sc3nc4ccccc4n3c2=O)cc1OC. The van der Waals surface area contributed by atoms with E-state index < -0.39 is 0 Å². The normalized spacial score (nSPS) is 12.2. The zero-order chi connectivity index (χ0) is 18.3. The second-order valence-corrected chi connectivity index (χ2v) is 7.46. The molecule has 2 heterocycles. The fourth-order valence-electron chi connectivity index (χ4n) is 2.84. The number of thiazole rings is 1. The van der Waals surface area contributed by atoms with Crippen LogP contribution in [0.2, 0.25) is 0 Å². The van der Waals surface area contributed by atoms with E-state index in [1.165, 1.54) is 11.3 Å². The number of nitrogens with zero attached hydrogens (tertiary/aromatic N) is 2. The molecule has 0 saturated heterocycles. The maximum Gasteiger partial charge on any atom is 0.274 e. The van der Waals surface area contributed by atoms with Crippen LogP contribution in [-0.2, 0) is 0 Å². The van der Waals surface area contributed by atoms with Gasteiger partial charge in [0.2, 0.25) is 0 Å². The summed E-state index contributed by atoms with van der Waals surface area (Å²) in [5.41, 5.74) is 2.42. The van der Waals surface area contributed by atoms with Crippen LogP contribution in [0.3, 0.4) is 0 Å². The lowest BCUT2D eigenvalue weighted by molar-refractivity contribution is 0.310. The van der Waals surface area contributed by atoms with E-state index in [1.807, 2.05) is 49.4 Å². The van der Waals surface area contributed by atoms with Crippen molar-refractivity contribution in [1.82, 2.24) is 9.38 Å². The van der Waals surface area contributed by atoms with E-state index in [0.29, 0.717) is 27.6 Å². The number of ether oxygens (including phenoxy) is 2. The van der Waals surface area contributed by atoms with Gasteiger partial charge in [-0.05, 0) is 42.8 Å². The number of halogens is 1. The molecule has 0 atom stereocenters. The molecule has 4 aromatic rings. The highest BCUT2D eigenvalue weighted by atomic mass is 79.9. The van der Waals surface area contributed by atoms with Gasteiger partial charge in [0.25, 0.3) is 5.56 Å². The predicted molar refractivity (Wildman–Crippen MR) is 107 cm³/mol. The molecule has 0 aliphatic heterocycles. The number of para-hydroxylation sites is 2. The molecule has 5 nitrogen and oxygen atoms in total. The Labute approximate surface area is 161 Å². The summed E-state index contributed by atoms with van der Waals surface area (Å²) in [7, 11) is 1.60. The molecule has 0 saturated carbocycles. The summed E-state index contributed by atoms with van der Waals surface area (Å²) < 4.78 is 14.1. The van der Waals surface area contributed by atoms with Gasteiger partial charge in [0.15, 0.2) is 16.5 Å². The summed E-state index contributed by atoms with van der Waals surface area (Å²) in [6.07, 6.45) is 1.85. The molecular formula is C19H15BrN2O3S. The minimum Gasteiger partial charge on any atom is -0.493 e. The molecule has 0 amide bonds. The number of rotatable bonds is 4. The third kappa shape index (κ3) is 2.77. The Morgan fingerprint density at radius 1 is 1.27 bits per heavy atom. The van der Waals surface area contributed by atoms with Crippen molar-refractivity contribution in [2.45, 2.75) is 6.92 Å². The molecule has 4 rings (SSSR count). The van der Waals surface area contributed by atoms with Crippen molar-refractivity contribution in [3.8, 4) is 11.5 Å². The van der Waals surface area contributed by atoms with E-state index in [2.05, 4.69) is 20.9 Å². The van der Waals surface area contributed by atoms with Gasteiger partial charge in [0, 0.05) is 4.47 Å². The summed E-state index contributed by atoms with van der Waals surface area (Å²) in [6, 6.07) is 11.3. The van der Waals surface area contributed by atoms with Crippen molar-refractivity contribution in [2.75, 3.05) is 13.7 Å². The van der Waals surface area contributed by atoms with Gasteiger partial charge in [-0.3, -0.25) is 4.79 Å². The Morgan fingerprint density at radius 3 is 2.85 bits per heavy atom.